The number of halogens is 1. The van der Waals surface area contributed by atoms with Crippen molar-refractivity contribution in [1.29, 1.82) is 0 Å². The standard InChI is InChI=1S/C12H11BrN6/c1-6-2-3-8(13)9(4-6)16-10-7-5-15-19-11(7)18-12(14)17-10/h2-5H,1H3,(H4,14,15,16,17,18,19). The molecule has 0 radical (unpaired) electrons. The van der Waals surface area contributed by atoms with Crippen molar-refractivity contribution in [2.24, 2.45) is 0 Å². The fourth-order valence-electron chi connectivity index (χ4n) is 1.81. The van der Waals surface area contributed by atoms with Crippen LogP contribution in [0.2, 0.25) is 0 Å². The number of nitrogens with one attached hydrogen (secondary N) is 2. The van der Waals surface area contributed by atoms with E-state index in [2.05, 4.69) is 41.4 Å². The van der Waals surface area contributed by atoms with Crippen LogP contribution in [0.4, 0.5) is 17.5 Å². The van der Waals surface area contributed by atoms with Crippen LogP contribution in [0, 0.1) is 6.92 Å². The van der Waals surface area contributed by atoms with E-state index in [0.29, 0.717) is 11.5 Å². The smallest absolute Gasteiger partial charge is 0.224 e. The number of H-pyrrole nitrogens is 1. The van der Waals surface area contributed by atoms with Crippen LogP contribution in [0.5, 0.6) is 0 Å². The number of benzene rings is 1. The number of anilines is 3. The van der Waals surface area contributed by atoms with Crippen molar-refractivity contribution in [1.82, 2.24) is 20.2 Å². The Hall–Kier alpha value is -2.15. The van der Waals surface area contributed by atoms with Crippen molar-refractivity contribution >= 4 is 44.4 Å². The van der Waals surface area contributed by atoms with Crippen LogP contribution in [-0.2, 0) is 0 Å². The van der Waals surface area contributed by atoms with E-state index in [9.17, 15) is 0 Å². The number of nitrogens with zero attached hydrogens (tertiary/aromatic N) is 3. The second-order valence-electron chi connectivity index (χ2n) is 4.17. The number of fused-ring (bicyclic) bond motifs is 1. The quantitative estimate of drug-likeness (QED) is 0.675. The van der Waals surface area contributed by atoms with Gasteiger partial charge in [-0.15, -0.1) is 0 Å². The van der Waals surface area contributed by atoms with Crippen LogP contribution in [0.25, 0.3) is 11.0 Å². The molecule has 96 valence electrons. The fraction of sp³-hybridized carbons (Fsp3) is 0.0833. The third kappa shape index (κ3) is 2.24. The topological polar surface area (TPSA) is 92.5 Å². The van der Waals surface area contributed by atoms with Gasteiger partial charge in [0.2, 0.25) is 5.95 Å². The molecular formula is C12H11BrN6. The normalized spacial score (nSPS) is 10.8. The Morgan fingerprint density at radius 3 is 3.00 bits per heavy atom. The molecule has 6 nitrogen and oxygen atoms in total. The van der Waals surface area contributed by atoms with Gasteiger partial charge in [0, 0.05) is 4.47 Å². The number of rotatable bonds is 2. The van der Waals surface area contributed by atoms with Gasteiger partial charge in [0.1, 0.15) is 5.82 Å². The molecule has 3 aromatic rings. The Morgan fingerprint density at radius 2 is 2.16 bits per heavy atom. The van der Waals surface area contributed by atoms with Crippen molar-refractivity contribution in [3.05, 3.63) is 34.4 Å². The molecule has 0 aliphatic rings. The molecule has 0 fully saturated rings. The summed E-state index contributed by atoms with van der Waals surface area (Å²) < 4.78 is 0.951. The van der Waals surface area contributed by atoms with Crippen molar-refractivity contribution < 1.29 is 0 Å². The number of hydrogen-bond acceptors (Lipinski definition) is 5. The van der Waals surface area contributed by atoms with Crippen molar-refractivity contribution in [3.63, 3.8) is 0 Å². The Kier molecular flexibility index (Phi) is 2.83. The summed E-state index contributed by atoms with van der Waals surface area (Å²) >= 11 is 3.50. The van der Waals surface area contributed by atoms with Crippen molar-refractivity contribution in [2.75, 3.05) is 11.1 Å². The first-order valence-corrected chi connectivity index (χ1v) is 6.42. The van der Waals surface area contributed by atoms with E-state index >= 15 is 0 Å². The molecule has 4 N–H and O–H groups in total. The highest BCUT2D eigenvalue weighted by molar-refractivity contribution is 9.10. The second kappa shape index (κ2) is 4.51. The molecule has 0 atom stereocenters. The number of nitrogens with two attached hydrogens (primary N) is 1. The molecule has 0 bridgehead atoms. The number of aromatic amines is 1. The van der Waals surface area contributed by atoms with Gasteiger partial charge in [-0.05, 0) is 40.5 Å². The molecule has 3 rings (SSSR count). The lowest BCUT2D eigenvalue weighted by atomic mass is 10.2. The molecular weight excluding hydrogens is 308 g/mol. The van der Waals surface area contributed by atoms with E-state index in [0.717, 1.165) is 21.1 Å². The number of aryl methyl sites for hydroxylation is 1. The number of hydrogen-bond donors (Lipinski definition) is 3. The second-order valence-corrected chi connectivity index (χ2v) is 5.03. The van der Waals surface area contributed by atoms with Gasteiger partial charge in [0.25, 0.3) is 0 Å². The molecule has 19 heavy (non-hydrogen) atoms. The summed E-state index contributed by atoms with van der Waals surface area (Å²) in [5, 5.41) is 10.8. The summed E-state index contributed by atoms with van der Waals surface area (Å²) in [7, 11) is 0. The van der Waals surface area contributed by atoms with E-state index in [-0.39, 0.29) is 5.95 Å². The molecule has 0 spiro atoms. The van der Waals surface area contributed by atoms with Gasteiger partial charge in [-0.2, -0.15) is 15.1 Å². The predicted octanol–water partition coefficient (Wildman–Crippen LogP) is 2.75. The number of nitrogen functional groups attached to an aromatic ring is 1. The van der Waals surface area contributed by atoms with Crippen LogP contribution >= 0.6 is 15.9 Å². The fourth-order valence-corrected chi connectivity index (χ4v) is 2.16. The lowest BCUT2D eigenvalue weighted by Gasteiger charge is -2.09. The summed E-state index contributed by atoms with van der Waals surface area (Å²) in [6.45, 7) is 2.03. The highest BCUT2D eigenvalue weighted by Gasteiger charge is 2.09. The zero-order valence-electron chi connectivity index (χ0n) is 10.1. The van der Waals surface area contributed by atoms with Gasteiger partial charge in [0.15, 0.2) is 5.65 Å². The molecule has 2 heterocycles. The monoisotopic (exact) mass is 318 g/mol. The summed E-state index contributed by atoms with van der Waals surface area (Å²) in [5.74, 6) is 0.825. The highest BCUT2D eigenvalue weighted by Crippen LogP contribution is 2.29. The molecule has 0 aliphatic carbocycles. The molecule has 0 saturated carbocycles. The summed E-state index contributed by atoms with van der Waals surface area (Å²) in [6.07, 6.45) is 1.67. The molecule has 1 aromatic carbocycles. The van der Waals surface area contributed by atoms with Crippen molar-refractivity contribution in [3.8, 4) is 0 Å². The number of aromatic nitrogens is 4. The molecule has 7 heteroatoms. The van der Waals surface area contributed by atoms with Gasteiger partial charge in [0.05, 0.1) is 17.3 Å². The maximum absolute atomic E-state index is 5.68. The maximum atomic E-state index is 5.68. The third-order valence-electron chi connectivity index (χ3n) is 2.70. The zero-order chi connectivity index (χ0) is 13.4. The largest absolute Gasteiger partial charge is 0.368 e. The van der Waals surface area contributed by atoms with E-state index in [1.165, 1.54) is 0 Å². The van der Waals surface area contributed by atoms with E-state index < -0.39 is 0 Å². The minimum absolute atomic E-state index is 0.197. The Bertz CT molecular complexity index is 751. The van der Waals surface area contributed by atoms with Crippen LogP contribution < -0.4 is 11.1 Å². The molecule has 0 amide bonds. The van der Waals surface area contributed by atoms with Gasteiger partial charge in [-0.1, -0.05) is 6.07 Å². The Morgan fingerprint density at radius 1 is 1.32 bits per heavy atom. The van der Waals surface area contributed by atoms with Crippen LogP contribution in [-0.4, -0.2) is 20.2 Å². The van der Waals surface area contributed by atoms with Crippen molar-refractivity contribution in [2.45, 2.75) is 6.92 Å². The van der Waals surface area contributed by atoms with Crippen LogP contribution in [0.3, 0.4) is 0 Å². The first kappa shape index (κ1) is 11.9. The van der Waals surface area contributed by atoms with E-state index in [4.69, 9.17) is 5.73 Å². The van der Waals surface area contributed by atoms with Gasteiger partial charge < -0.3 is 11.1 Å². The van der Waals surface area contributed by atoms with Crippen LogP contribution in [0.15, 0.2) is 28.9 Å². The summed E-state index contributed by atoms with van der Waals surface area (Å²) in [4.78, 5) is 8.29. The predicted molar refractivity (Wildman–Crippen MR) is 78.3 cm³/mol. The molecule has 2 aromatic heterocycles. The lowest BCUT2D eigenvalue weighted by molar-refractivity contribution is 1.09. The van der Waals surface area contributed by atoms with E-state index in [1.807, 2.05) is 25.1 Å². The average Bonchev–Trinajstić information content (AvgIpc) is 2.82. The van der Waals surface area contributed by atoms with Gasteiger partial charge in [-0.25, -0.2) is 0 Å². The summed E-state index contributed by atoms with van der Waals surface area (Å²) in [6, 6.07) is 6.03. The minimum atomic E-state index is 0.197. The minimum Gasteiger partial charge on any atom is -0.368 e. The SMILES string of the molecule is Cc1ccc(Br)c(Nc2nc(N)nc3[nH]ncc23)c1. The first-order chi connectivity index (χ1) is 9.13. The zero-order valence-corrected chi connectivity index (χ0v) is 11.7. The third-order valence-corrected chi connectivity index (χ3v) is 3.39. The maximum Gasteiger partial charge on any atom is 0.224 e. The highest BCUT2D eigenvalue weighted by atomic mass is 79.9. The van der Waals surface area contributed by atoms with E-state index in [1.54, 1.807) is 6.20 Å². The lowest BCUT2D eigenvalue weighted by Crippen LogP contribution is -2.01. The molecule has 0 aliphatic heterocycles. The summed E-state index contributed by atoms with van der Waals surface area (Å²) in [5.41, 5.74) is 8.36. The van der Waals surface area contributed by atoms with Crippen LogP contribution in [0.1, 0.15) is 5.56 Å². The molecule has 0 unspecified atom stereocenters. The van der Waals surface area contributed by atoms with Gasteiger partial charge >= 0.3 is 0 Å². The first-order valence-electron chi connectivity index (χ1n) is 5.63. The Labute approximate surface area is 117 Å². The Balaban J connectivity index is 2.10. The van der Waals surface area contributed by atoms with Gasteiger partial charge in [-0.3, -0.25) is 5.10 Å². The molecule has 0 saturated heterocycles. The average molecular weight is 319 g/mol.